The molecule has 1 saturated heterocycles. The van der Waals surface area contributed by atoms with Crippen molar-refractivity contribution < 1.29 is 14.3 Å². The molecule has 0 bridgehead atoms. The maximum atomic E-state index is 12.9. The molecule has 4 aromatic rings. The van der Waals surface area contributed by atoms with Crippen molar-refractivity contribution in [3.63, 3.8) is 0 Å². The summed E-state index contributed by atoms with van der Waals surface area (Å²) < 4.78 is 13.6. The lowest BCUT2D eigenvalue weighted by molar-refractivity contribution is -0.117. The molecule has 1 fully saturated rings. The highest BCUT2D eigenvalue weighted by Crippen LogP contribution is 2.34. The largest absolute Gasteiger partial charge is 0.497 e. The van der Waals surface area contributed by atoms with Crippen LogP contribution in [-0.2, 0) is 11.3 Å². The van der Waals surface area contributed by atoms with Gasteiger partial charge < -0.3 is 18.9 Å². The predicted molar refractivity (Wildman–Crippen MR) is 134 cm³/mol. The van der Waals surface area contributed by atoms with E-state index in [1.54, 1.807) is 7.11 Å². The van der Waals surface area contributed by atoms with E-state index in [4.69, 9.17) is 14.5 Å². The van der Waals surface area contributed by atoms with E-state index in [9.17, 15) is 4.79 Å². The van der Waals surface area contributed by atoms with Crippen LogP contribution in [-0.4, -0.2) is 35.7 Å². The first-order valence-corrected chi connectivity index (χ1v) is 11.6. The van der Waals surface area contributed by atoms with Crippen LogP contribution in [0.15, 0.2) is 66.7 Å². The summed E-state index contributed by atoms with van der Waals surface area (Å²) in [5.41, 5.74) is 5.25. The van der Waals surface area contributed by atoms with Gasteiger partial charge in [0.2, 0.25) is 5.91 Å². The number of hydrogen-bond acceptors (Lipinski definition) is 4. The number of imidazole rings is 1. The van der Waals surface area contributed by atoms with Gasteiger partial charge in [-0.25, -0.2) is 4.98 Å². The average Bonchev–Trinajstić information content (AvgIpc) is 3.41. The van der Waals surface area contributed by atoms with Crippen LogP contribution in [0, 0.1) is 13.8 Å². The molecular formula is C28H29N3O3. The number of hydrogen-bond donors (Lipinski definition) is 0. The normalized spacial score (nSPS) is 15.8. The van der Waals surface area contributed by atoms with Crippen LogP contribution in [0.3, 0.4) is 0 Å². The number of rotatable bonds is 7. The Labute approximate surface area is 199 Å². The summed E-state index contributed by atoms with van der Waals surface area (Å²) in [7, 11) is 1.64. The van der Waals surface area contributed by atoms with Crippen molar-refractivity contribution >= 4 is 22.6 Å². The average molecular weight is 456 g/mol. The molecule has 0 radical (unpaired) electrons. The second-order valence-corrected chi connectivity index (χ2v) is 8.83. The SMILES string of the molecule is COc1ccc(N2C[C@@H](c3nc4ccccc4n3CCOc3ccc(C)cc3C)CC2=O)cc1. The molecule has 6 heteroatoms. The quantitative estimate of drug-likeness (QED) is 0.381. The van der Waals surface area contributed by atoms with Crippen molar-refractivity contribution in [1.29, 1.82) is 0 Å². The van der Waals surface area contributed by atoms with E-state index in [0.717, 1.165) is 39.6 Å². The fraction of sp³-hybridized carbons (Fsp3) is 0.286. The zero-order chi connectivity index (χ0) is 23.7. The summed E-state index contributed by atoms with van der Waals surface area (Å²) in [4.78, 5) is 19.7. The second-order valence-electron chi connectivity index (χ2n) is 8.83. The number of ether oxygens (including phenoxy) is 2. The van der Waals surface area contributed by atoms with Crippen molar-refractivity contribution in [1.82, 2.24) is 9.55 Å². The van der Waals surface area contributed by atoms with E-state index in [-0.39, 0.29) is 11.8 Å². The minimum absolute atomic E-state index is 0.0168. The van der Waals surface area contributed by atoms with Gasteiger partial charge in [0, 0.05) is 24.6 Å². The van der Waals surface area contributed by atoms with Gasteiger partial charge in [0.25, 0.3) is 0 Å². The van der Waals surface area contributed by atoms with Gasteiger partial charge in [0.05, 0.1) is 24.7 Å². The molecule has 1 amide bonds. The van der Waals surface area contributed by atoms with Gasteiger partial charge in [0.15, 0.2) is 0 Å². The third-order valence-corrected chi connectivity index (χ3v) is 6.46. The van der Waals surface area contributed by atoms with Crippen LogP contribution in [0.4, 0.5) is 5.69 Å². The summed E-state index contributed by atoms with van der Waals surface area (Å²) in [6.45, 7) is 5.94. The van der Waals surface area contributed by atoms with Gasteiger partial charge in [-0.15, -0.1) is 0 Å². The van der Waals surface area contributed by atoms with Crippen LogP contribution in [0.2, 0.25) is 0 Å². The van der Waals surface area contributed by atoms with Crippen molar-refractivity contribution in [2.24, 2.45) is 0 Å². The van der Waals surface area contributed by atoms with E-state index in [1.165, 1.54) is 5.56 Å². The zero-order valence-electron chi connectivity index (χ0n) is 19.8. The van der Waals surface area contributed by atoms with Crippen LogP contribution < -0.4 is 14.4 Å². The number of para-hydroxylation sites is 2. The number of carbonyl (C=O) groups is 1. The Morgan fingerprint density at radius 3 is 2.59 bits per heavy atom. The first kappa shape index (κ1) is 22.0. The van der Waals surface area contributed by atoms with Crippen LogP contribution in [0.1, 0.15) is 29.3 Å². The fourth-order valence-electron chi connectivity index (χ4n) is 4.74. The molecule has 1 aliphatic heterocycles. The Morgan fingerprint density at radius 2 is 1.82 bits per heavy atom. The molecule has 34 heavy (non-hydrogen) atoms. The van der Waals surface area contributed by atoms with E-state index in [1.807, 2.05) is 53.4 Å². The standard InChI is InChI=1S/C28H29N3O3/c1-19-8-13-26(20(2)16-19)34-15-14-30-25-7-5-4-6-24(25)29-28(30)21-17-27(32)31(18-21)22-9-11-23(33-3)12-10-22/h4-13,16,21H,14-15,17-18H2,1-3H3/t21-/m0/s1. The number of fused-ring (bicyclic) bond motifs is 1. The molecule has 0 N–H and O–H groups in total. The Bertz CT molecular complexity index is 1330. The predicted octanol–water partition coefficient (Wildman–Crippen LogP) is 5.26. The number of aromatic nitrogens is 2. The van der Waals surface area contributed by atoms with Gasteiger partial charge in [-0.3, -0.25) is 4.79 Å². The highest BCUT2D eigenvalue weighted by Gasteiger charge is 2.34. The number of amides is 1. The Hall–Kier alpha value is -3.80. The first-order valence-electron chi connectivity index (χ1n) is 11.6. The number of methoxy groups -OCH3 is 1. The van der Waals surface area contributed by atoms with Gasteiger partial charge in [-0.2, -0.15) is 0 Å². The lowest BCUT2D eigenvalue weighted by Gasteiger charge is -2.18. The van der Waals surface area contributed by atoms with E-state index >= 15 is 0 Å². The van der Waals surface area contributed by atoms with Gasteiger partial charge in [0.1, 0.15) is 23.9 Å². The molecule has 1 atom stereocenters. The number of aryl methyl sites for hydroxylation is 2. The molecule has 5 rings (SSSR count). The molecular weight excluding hydrogens is 426 g/mol. The molecule has 0 saturated carbocycles. The Morgan fingerprint density at radius 1 is 1.03 bits per heavy atom. The van der Waals surface area contributed by atoms with E-state index in [0.29, 0.717) is 26.1 Å². The molecule has 1 aromatic heterocycles. The van der Waals surface area contributed by atoms with Crippen LogP contribution in [0.5, 0.6) is 11.5 Å². The van der Waals surface area contributed by atoms with Crippen molar-refractivity contribution in [2.75, 3.05) is 25.2 Å². The fourth-order valence-corrected chi connectivity index (χ4v) is 4.74. The third kappa shape index (κ3) is 4.23. The van der Waals surface area contributed by atoms with Crippen LogP contribution >= 0.6 is 0 Å². The summed E-state index contributed by atoms with van der Waals surface area (Å²) in [6, 6.07) is 22.0. The van der Waals surface area contributed by atoms with Crippen LogP contribution in [0.25, 0.3) is 11.0 Å². The smallest absolute Gasteiger partial charge is 0.227 e. The van der Waals surface area contributed by atoms with Crippen molar-refractivity contribution in [3.8, 4) is 11.5 Å². The molecule has 0 unspecified atom stereocenters. The van der Waals surface area contributed by atoms with Crippen molar-refractivity contribution in [2.45, 2.75) is 32.7 Å². The lowest BCUT2D eigenvalue weighted by atomic mass is 10.1. The van der Waals surface area contributed by atoms with Gasteiger partial charge in [-0.1, -0.05) is 29.8 Å². The summed E-state index contributed by atoms with van der Waals surface area (Å²) >= 11 is 0. The summed E-state index contributed by atoms with van der Waals surface area (Å²) in [5, 5.41) is 0. The second kappa shape index (κ2) is 9.21. The minimum Gasteiger partial charge on any atom is -0.497 e. The Balaban J connectivity index is 1.38. The number of benzene rings is 3. The maximum Gasteiger partial charge on any atom is 0.227 e. The first-order chi connectivity index (χ1) is 16.5. The van der Waals surface area contributed by atoms with Crippen molar-refractivity contribution in [3.05, 3.63) is 83.7 Å². The topological polar surface area (TPSA) is 56.6 Å². The summed E-state index contributed by atoms with van der Waals surface area (Å²) in [6.07, 6.45) is 0.438. The maximum absolute atomic E-state index is 12.9. The molecule has 0 aliphatic carbocycles. The monoisotopic (exact) mass is 455 g/mol. The van der Waals surface area contributed by atoms with E-state index in [2.05, 4.69) is 36.6 Å². The molecule has 3 aromatic carbocycles. The zero-order valence-corrected chi connectivity index (χ0v) is 19.8. The minimum atomic E-state index is 0.0168. The molecule has 2 heterocycles. The van der Waals surface area contributed by atoms with Gasteiger partial charge >= 0.3 is 0 Å². The van der Waals surface area contributed by atoms with Gasteiger partial charge in [-0.05, 0) is 61.9 Å². The number of nitrogens with zero attached hydrogens (tertiary/aromatic N) is 3. The Kier molecular flexibility index (Phi) is 5.97. The summed E-state index contributed by atoms with van der Waals surface area (Å²) in [5.74, 6) is 2.74. The molecule has 6 nitrogen and oxygen atoms in total. The van der Waals surface area contributed by atoms with E-state index < -0.39 is 0 Å². The molecule has 0 spiro atoms. The molecule has 1 aliphatic rings. The highest BCUT2D eigenvalue weighted by atomic mass is 16.5. The number of carbonyl (C=O) groups excluding carboxylic acids is 1. The molecule has 174 valence electrons. The number of anilines is 1. The lowest BCUT2D eigenvalue weighted by Crippen LogP contribution is -2.24. The third-order valence-electron chi connectivity index (χ3n) is 6.46. The highest BCUT2D eigenvalue weighted by molar-refractivity contribution is 5.96.